The molecule has 9 heteroatoms. The highest BCUT2D eigenvalue weighted by Gasteiger charge is 2.61. The Morgan fingerprint density at radius 3 is 2.79 bits per heavy atom. The molecule has 1 spiro atoms. The van der Waals surface area contributed by atoms with Gasteiger partial charge in [-0.2, -0.15) is 0 Å². The number of para-hydroxylation sites is 1. The summed E-state index contributed by atoms with van der Waals surface area (Å²) in [6.07, 6.45) is 1.43. The number of ether oxygens (including phenoxy) is 2. The van der Waals surface area contributed by atoms with E-state index in [-0.39, 0.29) is 35.0 Å². The number of carbonyl (C=O) groups excluding carboxylic acids is 2. The van der Waals surface area contributed by atoms with Gasteiger partial charge in [0.05, 0.1) is 12.0 Å². The lowest BCUT2D eigenvalue weighted by molar-refractivity contribution is -0.141. The van der Waals surface area contributed by atoms with Crippen LogP contribution in [0.4, 0.5) is 5.69 Å². The second kappa shape index (κ2) is 7.77. The zero-order chi connectivity index (χ0) is 23.3. The molecule has 0 fully saturated rings. The molecule has 0 aliphatic carbocycles. The second-order valence-electron chi connectivity index (χ2n) is 7.81. The number of esters is 1. The van der Waals surface area contributed by atoms with E-state index in [0.29, 0.717) is 27.5 Å². The maximum absolute atomic E-state index is 13.7. The van der Waals surface area contributed by atoms with Crippen LogP contribution in [0.1, 0.15) is 30.9 Å². The molecule has 1 amide bonds. The average molecular weight is 511 g/mol. The summed E-state index contributed by atoms with van der Waals surface area (Å²) < 4.78 is 17.5. The van der Waals surface area contributed by atoms with Crippen LogP contribution in [0.25, 0.3) is 11.0 Å². The third-order valence-corrected chi connectivity index (χ3v) is 6.38. The van der Waals surface area contributed by atoms with E-state index >= 15 is 0 Å². The van der Waals surface area contributed by atoms with Crippen molar-refractivity contribution in [3.8, 4) is 5.75 Å². The molecule has 3 heterocycles. The fourth-order valence-electron chi connectivity index (χ4n) is 4.43. The number of unbranched alkanes of at least 4 members (excludes halogenated alkanes) is 1. The van der Waals surface area contributed by atoms with E-state index in [9.17, 15) is 14.4 Å². The maximum Gasteiger partial charge on any atom is 0.345 e. The quantitative estimate of drug-likeness (QED) is 0.311. The normalized spacial score (nSPS) is 18.7. The van der Waals surface area contributed by atoms with Gasteiger partial charge in [0.1, 0.15) is 22.1 Å². The van der Waals surface area contributed by atoms with Crippen LogP contribution in [0.15, 0.2) is 67.6 Å². The van der Waals surface area contributed by atoms with Gasteiger partial charge in [-0.05, 0) is 36.8 Å². The molecule has 0 saturated heterocycles. The Labute approximate surface area is 196 Å². The van der Waals surface area contributed by atoms with Gasteiger partial charge in [-0.3, -0.25) is 4.79 Å². The minimum absolute atomic E-state index is 0.0763. The smallest absolute Gasteiger partial charge is 0.345 e. The highest BCUT2D eigenvalue weighted by Crippen LogP contribution is 2.54. The number of benzene rings is 2. The van der Waals surface area contributed by atoms with Gasteiger partial charge in [-0.15, -0.1) is 0 Å². The first-order chi connectivity index (χ1) is 15.9. The number of fused-ring (bicyclic) bond motifs is 6. The van der Waals surface area contributed by atoms with Gasteiger partial charge in [-0.1, -0.05) is 41.4 Å². The Balaban J connectivity index is 1.88. The van der Waals surface area contributed by atoms with Crippen molar-refractivity contribution in [1.29, 1.82) is 0 Å². The third kappa shape index (κ3) is 2.99. The Morgan fingerprint density at radius 2 is 2.00 bits per heavy atom. The van der Waals surface area contributed by atoms with Crippen LogP contribution in [-0.4, -0.2) is 18.5 Å². The molecule has 0 saturated carbocycles. The topological polar surface area (TPSA) is 121 Å². The molecular weight excluding hydrogens is 492 g/mol. The minimum Gasteiger partial charge on any atom is -0.462 e. The van der Waals surface area contributed by atoms with Crippen molar-refractivity contribution in [2.75, 3.05) is 11.9 Å². The van der Waals surface area contributed by atoms with Gasteiger partial charge < -0.3 is 24.9 Å². The number of nitrogens with two attached hydrogens (primary N) is 1. The van der Waals surface area contributed by atoms with Crippen LogP contribution in [0, 0.1) is 0 Å². The van der Waals surface area contributed by atoms with Gasteiger partial charge in [0.15, 0.2) is 5.75 Å². The summed E-state index contributed by atoms with van der Waals surface area (Å²) in [6, 6.07) is 11.8. The number of halogens is 1. The van der Waals surface area contributed by atoms with Crippen LogP contribution in [0.2, 0.25) is 0 Å². The molecule has 2 aliphatic rings. The van der Waals surface area contributed by atoms with Crippen molar-refractivity contribution in [1.82, 2.24) is 0 Å². The third-order valence-electron chi connectivity index (χ3n) is 5.88. The van der Waals surface area contributed by atoms with Gasteiger partial charge in [0, 0.05) is 15.7 Å². The standard InChI is InChI=1S/C24H19BrN2O6/c1-2-3-10-31-21(28)18-20(26)33-19-13-6-4-5-7-16(13)32-22(29)17(19)24(18)14-11-12(25)8-9-15(14)27-23(24)30/h4-9,11H,2-3,10,26H2,1H3,(H,27,30). The van der Waals surface area contributed by atoms with Gasteiger partial charge in [-0.25, -0.2) is 9.59 Å². The summed E-state index contributed by atoms with van der Waals surface area (Å²) in [4.78, 5) is 40.4. The van der Waals surface area contributed by atoms with Gasteiger partial charge in [0.2, 0.25) is 11.8 Å². The van der Waals surface area contributed by atoms with E-state index in [0.717, 1.165) is 6.42 Å². The van der Waals surface area contributed by atoms with Crippen molar-refractivity contribution < 1.29 is 23.5 Å². The van der Waals surface area contributed by atoms with Crippen molar-refractivity contribution >= 4 is 44.5 Å². The molecular formula is C24H19BrN2O6. The molecule has 0 bridgehead atoms. The maximum atomic E-state index is 13.7. The minimum atomic E-state index is -1.90. The zero-order valence-corrected chi connectivity index (χ0v) is 19.2. The van der Waals surface area contributed by atoms with Crippen LogP contribution in [0.3, 0.4) is 0 Å². The summed E-state index contributed by atoms with van der Waals surface area (Å²) >= 11 is 3.42. The van der Waals surface area contributed by atoms with Crippen LogP contribution >= 0.6 is 15.9 Å². The number of nitrogens with one attached hydrogen (secondary N) is 1. The molecule has 2 aromatic carbocycles. The van der Waals surface area contributed by atoms with E-state index in [4.69, 9.17) is 19.6 Å². The van der Waals surface area contributed by atoms with E-state index in [2.05, 4.69) is 21.2 Å². The fourth-order valence-corrected chi connectivity index (χ4v) is 4.79. The monoisotopic (exact) mass is 510 g/mol. The number of anilines is 1. The second-order valence-corrected chi connectivity index (χ2v) is 8.73. The number of carbonyl (C=O) groups is 2. The number of hydrogen-bond donors (Lipinski definition) is 2. The fraction of sp³-hybridized carbons (Fsp3) is 0.208. The van der Waals surface area contributed by atoms with Crippen LogP contribution < -0.4 is 21.4 Å². The summed E-state index contributed by atoms with van der Waals surface area (Å²) in [5, 5.41) is 3.23. The highest BCUT2D eigenvalue weighted by atomic mass is 79.9. The average Bonchev–Trinajstić information content (AvgIpc) is 3.05. The van der Waals surface area contributed by atoms with Crippen molar-refractivity contribution in [3.63, 3.8) is 0 Å². The predicted molar refractivity (Wildman–Crippen MR) is 124 cm³/mol. The molecule has 1 atom stereocenters. The molecule has 5 rings (SSSR count). The highest BCUT2D eigenvalue weighted by molar-refractivity contribution is 9.10. The lowest BCUT2D eigenvalue weighted by atomic mass is 9.68. The molecule has 2 aliphatic heterocycles. The van der Waals surface area contributed by atoms with Crippen molar-refractivity contribution in [2.24, 2.45) is 5.73 Å². The molecule has 0 radical (unpaired) electrons. The van der Waals surface area contributed by atoms with Gasteiger partial charge in [0.25, 0.3) is 0 Å². The number of rotatable bonds is 4. The van der Waals surface area contributed by atoms with E-state index in [1.165, 1.54) is 0 Å². The molecule has 3 aromatic rings. The molecule has 33 heavy (non-hydrogen) atoms. The van der Waals surface area contributed by atoms with Crippen molar-refractivity contribution in [3.05, 3.63) is 79.9 Å². The molecule has 1 aromatic heterocycles. The SMILES string of the molecule is CCCCOC(=O)C1=C(N)Oc2c(c(=O)oc3ccccc23)C12C(=O)Nc1ccc(Br)cc12. The first-order valence-corrected chi connectivity index (χ1v) is 11.2. The predicted octanol–water partition coefficient (Wildman–Crippen LogP) is 3.70. The van der Waals surface area contributed by atoms with Crippen molar-refractivity contribution in [2.45, 2.75) is 25.2 Å². The molecule has 1 unspecified atom stereocenters. The summed E-state index contributed by atoms with van der Waals surface area (Å²) in [6.45, 7) is 2.09. The Hall–Kier alpha value is -3.59. The van der Waals surface area contributed by atoms with E-state index in [1.807, 2.05) is 6.92 Å². The lowest BCUT2D eigenvalue weighted by Gasteiger charge is -2.34. The Kier molecular flexibility index (Phi) is 5.01. The van der Waals surface area contributed by atoms with E-state index < -0.39 is 22.9 Å². The lowest BCUT2D eigenvalue weighted by Crippen LogP contribution is -2.48. The molecule has 168 valence electrons. The largest absolute Gasteiger partial charge is 0.462 e. The number of hydrogen-bond acceptors (Lipinski definition) is 7. The summed E-state index contributed by atoms with van der Waals surface area (Å²) in [7, 11) is 0. The summed E-state index contributed by atoms with van der Waals surface area (Å²) in [5.74, 6) is -1.68. The zero-order valence-electron chi connectivity index (χ0n) is 17.6. The Morgan fingerprint density at radius 1 is 1.21 bits per heavy atom. The number of amides is 1. The first-order valence-electron chi connectivity index (χ1n) is 10.4. The molecule has 8 nitrogen and oxygen atoms in total. The summed E-state index contributed by atoms with van der Waals surface area (Å²) in [5.41, 5.74) is 4.30. The van der Waals surface area contributed by atoms with Gasteiger partial charge >= 0.3 is 11.6 Å². The Bertz CT molecular complexity index is 1430. The first kappa shape index (κ1) is 21.3. The van der Waals surface area contributed by atoms with Crippen LogP contribution in [-0.2, 0) is 19.7 Å². The van der Waals surface area contributed by atoms with Crippen LogP contribution in [0.5, 0.6) is 5.75 Å². The van der Waals surface area contributed by atoms with E-state index in [1.54, 1.807) is 42.5 Å². The molecule has 3 N–H and O–H groups in total.